The average Bonchev–Trinajstić information content (AvgIpc) is 2.46. The van der Waals surface area contributed by atoms with Crippen LogP contribution in [0.4, 0.5) is 5.69 Å². The maximum absolute atomic E-state index is 10.9. The van der Waals surface area contributed by atoms with Gasteiger partial charge >= 0.3 is 0 Å². The van der Waals surface area contributed by atoms with E-state index in [9.17, 15) is 10.1 Å². The Kier molecular flexibility index (Phi) is 4.60. The summed E-state index contributed by atoms with van der Waals surface area (Å²) in [7, 11) is 0. The first-order valence-electron chi connectivity index (χ1n) is 6.47. The molecule has 0 N–H and O–H groups in total. The number of benzene rings is 2. The quantitative estimate of drug-likeness (QED) is 0.472. The smallest absolute Gasteiger partial charge is 0.278 e. The third kappa shape index (κ3) is 3.75. The highest BCUT2D eigenvalue weighted by Gasteiger charge is 2.10. The lowest BCUT2D eigenvalue weighted by Gasteiger charge is -2.06. The van der Waals surface area contributed by atoms with Gasteiger partial charge in [-0.2, -0.15) is 0 Å². The van der Waals surface area contributed by atoms with Crippen LogP contribution in [0.5, 0.6) is 0 Å². The first kappa shape index (κ1) is 13.9. The molecule has 4 nitrogen and oxygen atoms in total. The number of nitro benzene ring substituents is 1. The van der Waals surface area contributed by atoms with Gasteiger partial charge in [0, 0.05) is 12.3 Å². The zero-order chi connectivity index (χ0) is 14.4. The molecule has 0 amide bonds. The third-order valence-electron chi connectivity index (χ3n) is 2.98. The molecular formula is C16H16N2O2. The van der Waals surface area contributed by atoms with E-state index in [1.165, 1.54) is 11.6 Å². The average molecular weight is 268 g/mol. The van der Waals surface area contributed by atoms with Crippen molar-refractivity contribution < 1.29 is 4.92 Å². The molecule has 0 aliphatic rings. The van der Waals surface area contributed by atoms with Crippen LogP contribution >= 0.6 is 0 Å². The van der Waals surface area contributed by atoms with Crippen LogP contribution in [0.2, 0.25) is 0 Å². The summed E-state index contributed by atoms with van der Waals surface area (Å²) in [5.74, 6) is 0. The van der Waals surface area contributed by atoms with Gasteiger partial charge in [-0.15, -0.1) is 0 Å². The summed E-state index contributed by atoms with van der Waals surface area (Å²) in [5.41, 5.74) is 1.83. The van der Waals surface area contributed by atoms with Crippen molar-refractivity contribution in [1.82, 2.24) is 0 Å². The number of rotatable bonds is 5. The SMILES string of the molecule is C[C@H](Cc1ccccc1)N=Cc1ccccc1[N+](=O)[O-]. The van der Waals surface area contributed by atoms with Crippen LogP contribution in [0.3, 0.4) is 0 Å². The fraction of sp³-hybridized carbons (Fsp3) is 0.188. The summed E-state index contributed by atoms with van der Waals surface area (Å²) in [5, 5.41) is 10.9. The van der Waals surface area contributed by atoms with E-state index in [2.05, 4.69) is 17.1 Å². The Morgan fingerprint density at radius 1 is 1.15 bits per heavy atom. The maximum atomic E-state index is 10.9. The molecule has 20 heavy (non-hydrogen) atoms. The Labute approximate surface area is 117 Å². The Hall–Kier alpha value is -2.49. The zero-order valence-corrected chi connectivity index (χ0v) is 11.3. The van der Waals surface area contributed by atoms with Crippen molar-refractivity contribution in [2.45, 2.75) is 19.4 Å². The van der Waals surface area contributed by atoms with Crippen LogP contribution < -0.4 is 0 Å². The minimum atomic E-state index is -0.386. The van der Waals surface area contributed by atoms with Crippen LogP contribution in [-0.4, -0.2) is 17.2 Å². The molecule has 0 radical (unpaired) electrons. The monoisotopic (exact) mass is 268 g/mol. The molecule has 4 heteroatoms. The number of aliphatic imine (C=N–C) groups is 1. The highest BCUT2D eigenvalue weighted by molar-refractivity contribution is 5.85. The molecule has 0 spiro atoms. The molecule has 0 aliphatic carbocycles. The molecule has 0 aliphatic heterocycles. The number of nitrogens with zero attached hydrogens (tertiary/aromatic N) is 2. The lowest BCUT2D eigenvalue weighted by Crippen LogP contribution is -2.04. The second-order valence-electron chi connectivity index (χ2n) is 4.63. The summed E-state index contributed by atoms with van der Waals surface area (Å²) in [6, 6.07) is 16.8. The Bertz CT molecular complexity index is 609. The molecule has 0 saturated carbocycles. The van der Waals surface area contributed by atoms with Crippen molar-refractivity contribution in [3.8, 4) is 0 Å². The van der Waals surface area contributed by atoms with Gasteiger partial charge in [0.05, 0.1) is 16.5 Å². The predicted molar refractivity (Wildman–Crippen MR) is 80.3 cm³/mol. The van der Waals surface area contributed by atoms with E-state index in [0.29, 0.717) is 5.56 Å². The van der Waals surface area contributed by atoms with Crippen LogP contribution in [0.1, 0.15) is 18.1 Å². The second kappa shape index (κ2) is 6.61. The summed E-state index contributed by atoms with van der Waals surface area (Å²) in [4.78, 5) is 14.9. The van der Waals surface area contributed by atoms with Gasteiger partial charge in [0.2, 0.25) is 0 Å². The van der Waals surface area contributed by atoms with Gasteiger partial charge in [0.1, 0.15) is 0 Å². The topological polar surface area (TPSA) is 55.5 Å². The lowest BCUT2D eigenvalue weighted by atomic mass is 10.1. The molecule has 0 heterocycles. The maximum Gasteiger partial charge on any atom is 0.278 e. The number of para-hydroxylation sites is 1. The number of nitro groups is 1. The molecule has 1 atom stereocenters. The van der Waals surface area contributed by atoms with Gasteiger partial charge in [-0.05, 0) is 25.0 Å². The molecule has 0 aromatic heterocycles. The van der Waals surface area contributed by atoms with Gasteiger partial charge < -0.3 is 0 Å². The molecule has 0 fully saturated rings. The van der Waals surface area contributed by atoms with Gasteiger partial charge in [0.25, 0.3) is 5.69 Å². The van der Waals surface area contributed by atoms with Gasteiger partial charge in [-0.3, -0.25) is 15.1 Å². The fourth-order valence-corrected chi connectivity index (χ4v) is 1.98. The Morgan fingerprint density at radius 3 is 2.50 bits per heavy atom. The zero-order valence-electron chi connectivity index (χ0n) is 11.3. The molecule has 102 valence electrons. The van der Waals surface area contributed by atoms with Crippen molar-refractivity contribution in [1.29, 1.82) is 0 Å². The molecule has 2 aromatic rings. The van der Waals surface area contributed by atoms with E-state index in [1.54, 1.807) is 24.4 Å². The molecule has 2 rings (SSSR count). The molecule has 2 aromatic carbocycles. The van der Waals surface area contributed by atoms with Gasteiger partial charge in [-0.25, -0.2) is 0 Å². The second-order valence-corrected chi connectivity index (χ2v) is 4.63. The van der Waals surface area contributed by atoms with Crippen molar-refractivity contribution in [3.63, 3.8) is 0 Å². The molecule has 0 unspecified atom stereocenters. The van der Waals surface area contributed by atoms with Crippen molar-refractivity contribution in [3.05, 3.63) is 75.8 Å². The van der Waals surface area contributed by atoms with E-state index in [4.69, 9.17) is 0 Å². The van der Waals surface area contributed by atoms with Crippen LogP contribution in [-0.2, 0) is 6.42 Å². The van der Waals surface area contributed by atoms with Gasteiger partial charge in [-0.1, -0.05) is 42.5 Å². The van der Waals surface area contributed by atoms with E-state index in [-0.39, 0.29) is 16.7 Å². The van der Waals surface area contributed by atoms with E-state index in [1.807, 2.05) is 25.1 Å². The van der Waals surface area contributed by atoms with Gasteiger partial charge in [0.15, 0.2) is 0 Å². The van der Waals surface area contributed by atoms with Crippen LogP contribution in [0, 0.1) is 10.1 Å². The Morgan fingerprint density at radius 2 is 1.80 bits per heavy atom. The van der Waals surface area contributed by atoms with Crippen molar-refractivity contribution >= 4 is 11.9 Å². The largest absolute Gasteiger partial charge is 0.289 e. The first-order chi connectivity index (χ1) is 9.66. The summed E-state index contributed by atoms with van der Waals surface area (Å²) < 4.78 is 0. The van der Waals surface area contributed by atoms with Crippen LogP contribution in [0.25, 0.3) is 0 Å². The van der Waals surface area contributed by atoms with Crippen molar-refractivity contribution in [2.24, 2.45) is 4.99 Å². The molecule has 0 bridgehead atoms. The first-order valence-corrected chi connectivity index (χ1v) is 6.47. The molecular weight excluding hydrogens is 252 g/mol. The van der Waals surface area contributed by atoms with E-state index >= 15 is 0 Å². The number of hydrogen-bond donors (Lipinski definition) is 0. The van der Waals surface area contributed by atoms with Crippen molar-refractivity contribution in [2.75, 3.05) is 0 Å². The summed E-state index contributed by atoms with van der Waals surface area (Å²) in [6.07, 6.45) is 2.41. The highest BCUT2D eigenvalue weighted by atomic mass is 16.6. The Balaban J connectivity index is 2.08. The predicted octanol–water partition coefficient (Wildman–Crippen LogP) is 3.64. The lowest BCUT2D eigenvalue weighted by molar-refractivity contribution is -0.385. The van der Waals surface area contributed by atoms with E-state index in [0.717, 1.165) is 6.42 Å². The normalized spacial score (nSPS) is 12.4. The minimum Gasteiger partial charge on any atom is -0.289 e. The minimum absolute atomic E-state index is 0.0808. The fourth-order valence-electron chi connectivity index (χ4n) is 1.98. The molecule has 0 saturated heterocycles. The highest BCUT2D eigenvalue weighted by Crippen LogP contribution is 2.15. The number of hydrogen-bond acceptors (Lipinski definition) is 3. The summed E-state index contributed by atoms with van der Waals surface area (Å²) in [6.45, 7) is 2.00. The van der Waals surface area contributed by atoms with E-state index < -0.39 is 0 Å². The third-order valence-corrected chi connectivity index (χ3v) is 2.98. The standard InChI is InChI=1S/C16H16N2O2/c1-13(11-14-7-3-2-4-8-14)17-12-15-9-5-6-10-16(15)18(19)20/h2-10,12-13H,11H2,1H3/t13-/m1/s1. The van der Waals surface area contributed by atoms with Crippen LogP contribution in [0.15, 0.2) is 59.6 Å². The summed E-state index contributed by atoms with van der Waals surface area (Å²) >= 11 is 0.